The fraction of sp³-hybridized carbons (Fsp3) is 0.188. The number of hydrogen-bond donors (Lipinski definition) is 2. The van der Waals surface area contributed by atoms with E-state index in [-0.39, 0.29) is 0 Å². The molecule has 20 heavy (non-hydrogen) atoms. The molecule has 0 amide bonds. The van der Waals surface area contributed by atoms with Crippen molar-refractivity contribution < 1.29 is 5.11 Å². The van der Waals surface area contributed by atoms with Crippen molar-refractivity contribution in [2.24, 2.45) is 0 Å². The van der Waals surface area contributed by atoms with Gasteiger partial charge in [0.25, 0.3) is 0 Å². The fourth-order valence-electron chi connectivity index (χ4n) is 2.18. The maximum absolute atomic E-state index is 10.1. The number of fused-ring (bicyclic) bond motifs is 1. The van der Waals surface area contributed by atoms with Gasteiger partial charge >= 0.3 is 0 Å². The molecular formula is C16H16N2OS. The molecule has 3 rings (SSSR count). The van der Waals surface area contributed by atoms with Crippen molar-refractivity contribution in [3.05, 3.63) is 58.3 Å². The summed E-state index contributed by atoms with van der Waals surface area (Å²) in [5.74, 6) is 0.831. The largest absolute Gasteiger partial charge is 0.387 e. The van der Waals surface area contributed by atoms with Crippen LogP contribution in [0.3, 0.4) is 0 Å². The molecule has 1 unspecified atom stereocenters. The van der Waals surface area contributed by atoms with E-state index in [1.807, 2.05) is 41.9 Å². The third-order valence-electron chi connectivity index (χ3n) is 3.31. The number of thiophene rings is 1. The number of nitrogens with one attached hydrogen (secondary N) is 1. The van der Waals surface area contributed by atoms with E-state index in [1.165, 1.54) is 0 Å². The van der Waals surface area contributed by atoms with Gasteiger partial charge in [-0.25, -0.2) is 4.98 Å². The predicted molar refractivity (Wildman–Crippen MR) is 84.2 cm³/mol. The Hall–Kier alpha value is -1.91. The van der Waals surface area contributed by atoms with Gasteiger partial charge in [0.15, 0.2) is 0 Å². The molecule has 1 atom stereocenters. The minimum atomic E-state index is -0.506. The normalized spacial score (nSPS) is 12.5. The summed E-state index contributed by atoms with van der Waals surface area (Å²) in [5, 5.41) is 18.4. The number of nitrogens with zero attached hydrogens (tertiary/aromatic N) is 1. The summed E-state index contributed by atoms with van der Waals surface area (Å²) in [5.41, 5.74) is 2.99. The lowest BCUT2D eigenvalue weighted by molar-refractivity contribution is 0.192. The molecule has 2 N–H and O–H groups in total. The number of aliphatic hydroxyl groups excluding tert-OH is 1. The highest BCUT2D eigenvalue weighted by atomic mass is 32.1. The van der Waals surface area contributed by atoms with Gasteiger partial charge in [-0.2, -0.15) is 11.3 Å². The van der Waals surface area contributed by atoms with Crippen LogP contribution in [0.25, 0.3) is 10.9 Å². The molecule has 0 spiro atoms. The van der Waals surface area contributed by atoms with Crippen LogP contribution in [0, 0.1) is 6.92 Å². The van der Waals surface area contributed by atoms with Crippen LogP contribution in [-0.4, -0.2) is 16.6 Å². The lowest BCUT2D eigenvalue weighted by Crippen LogP contribution is -2.13. The third-order valence-corrected chi connectivity index (χ3v) is 4.01. The van der Waals surface area contributed by atoms with Gasteiger partial charge in [0, 0.05) is 11.9 Å². The molecule has 0 aliphatic rings. The van der Waals surface area contributed by atoms with Gasteiger partial charge in [-0.1, -0.05) is 18.2 Å². The first-order valence-electron chi connectivity index (χ1n) is 6.54. The summed E-state index contributed by atoms with van der Waals surface area (Å²) in [6, 6.07) is 12.1. The van der Waals surface area contributed by atoms with E-state index in [2.05, 4.69) is 22.4 Å². The molecule has 3 aromatic rings. The van der Waals surface area contributed by atoms with Crippen molar-refractivity contribution >= 4 is 28.1 Å². The zero-order valence-corrected chi connectivity index (χ0v) is 12.0. The van der Waals surface area contributed by atoms with Crippen LogP contribution in [0.15, 0.2) is 47.2 Å². The number of benzene rings is 1. The van der Waals surface area contributed by atoms with E-state index in [4.69, 9.17) is 0 Å². The average Bonchev–Trinajstić information content (AvgIpc) is 2.99. The smallest absolute Gasteiger partial charge is 0.129 e. The van der Waals surface area contributed by atoms with Crippen molar-refractivity contribution in [3.8, 4) is 0 Å². The van der Waals surface area contributed by atoms with Gasteiger partial charge in [-0.05, 0) is 47.0 Å². The Morgan fingerprint density at radius 1 is 1.30 bits per heavy atom. The van der Waals surface area contributed by atoms with Gasteiger partial charge in [0.05, 0.1) is 11.6 Å². The number of pyridine rings is 1. The van der Waals surface area contributed by atoms with Crippen molar-refractivity contribution in [1.29, 1.82) is 0 Å². The SMILES string of the molecule is Cc1cc2ccccc2nc1NCC(O)c1ccsc1. The molecule has 2 aromatic heterocycles. The van der Waals surface area contributed by atoms with Crippen molar-refractivity contribution in [3.63, 3.8) is 0 Å². The van der Waals surface area contributed by atoms with E-state index < -0.39 is 6.10 Å². The van der Waals surface area contributed by atoms with Crippen LogP contribution in [0.4, 0.5) is 5.82 Å². The van der Waals surface area contributed by atoms with Gasteiger partial charge in [-0.15, -0.1) is 0 Å². The van der Waals surface area contributed by atoms with Crippen LogP contribution < -0.4 is 5.32 Å². The molecule has 0 bridgehead atoms. The second-order valence-electron chi connectivity index (χ2n) is 4.80. The van der Waals surface area contributed by atoms with E-state index in [0.717, 1.165) is 27.8 Å². The Morgan fingerprint density at radius 2 is 2.15 bits per heavy atom. The van der Waals surface area contributed by atoms with E-state index in [9.17, 15) is 5.11 Å². The molecular weight excluding hydrogens is 268 g/mol. The van der Waals surface area contributed by atoms with Gasteiger partial charge in [0.1, 0.15) is 5.82 Å². The second-order valence-corrected chi connectivity index (χ2v) is 5.58. The molecule has 0 fully saturated rings. The van der Waals surface area contributed by atoms with Crippen LogP contribution >= 0.6 is 11.3 Å². The fourth-order valence-corrected chi connectivity index (χ4v) is 2.88. The maximum Gasteiger partial charge on any atom is 0.129 e. The monoisotopic (exact) mass is 284 g/mol. The second kappa shape index (κ2) is 5.61. The molecule has 0 radical (unpaired) electrons. The Bertz CT molecular complexity index is 710. The summed E-state index contributed by atoms with van der Waals surface area (Å²) < 4.78 is 0. The topological polar surface area (TPSA) is 45.2 Å². The van der Waals surface area contributed by atoms with Crippen molar-refractivity contribution in [2.45, 2.75) is 13.0 Å². The zero-order valence-electron chi connectivity index (χ0n) is 11.2. The van der Waals surface area contributed by atoms with Crippen molar-refractivity contribution in [2.75, 3.05) is 11.9 Å². The first kappa shape index (κ1) is 13.1. The summed E-state index contributed by atoms with van der Waals surface area (Å²) in [4.78, 5) is 4.61. The Balaban J connectivity index is 1.79. The summed E-state index contributed by atoms with van der Waals surface area (Å²) in [7, 11) is 0. The lowest BCUT2D eigenvalue weighted by atomic mass is 10.1. The molecule has 1 aromatic carbocycles. The number of aliphatic hydroxyl groups is 1. The maximum atomic E-state index is 10.1. The minimum Gasteiger partial charge on any atom is -0.387 e. The van der Waals surface area contributed by atoms with E-state index in [1.54, 1.807) is 11.3 Å². The number of para-hydroxylation sites is 1. The van der Waals surface area contributed by atoms with E-state index >= 15 is 0 Å². The third kappa shape index (κ3) is 2.66. The first-order valence-corrected chi connectivity index (χ1v) is 7.49. The predicted octanol–water partition coefficient (Wildman–Crippen LogP) is 3.75. The Labute approximate surface area is 121 Å². The molecule has 0 saturated heterocycles. The molecule has 0 saturated carbocycles. The number of hydrogen-bond acceptors (Lipinski definition) is 4. The molecule has 3 nitrogen and oxygen atoms in total. The van der Waals surface area contributed by atoms with Crippen LogP contribution in [0.1, 0.15) is 17.2 Å². The number of aryl methyl sites for hydroxylation is 1. The summed E-state index contributed by atoms with van der Waals surface area (Å²) >= 11 is 1.59. The molecule has 2 heterocycles. The molecule has 102 valence electrons. The molecule has 0 aliphatic heterocycles. The number of aromatic nitrogens is 1. The van der Waals surface area contributed by atoms with Crippen LogP contribution in [0.5, 0.6) is 0 Å². The highest BCUT2D eigenvalue weighted by molar-refractivity contribution is 7.07. The van der Waals surface area contributed by atoms with Crippen LogP contribution in [0.2, 0.25) is 0 Å². The Morgan fingerprint density at radius 3 is 2.95 bits per heavy atom. The average molecular weight is 284 g/mol. The van der Waals surface area contributed by atoms with E-state index in [0.29, 0.717) is 6.54 Å². The number of rotatable bonds is 4. The number of anilines is 1. The highest BCUT2D eigenvalue weighted by Gasteiger charge is 2.09. The molecule has 4 heteroatoms. The summed E-state index contributed by atoms with van der Waals surface area (Å²) in [6.07, 6.45) is -0.506. The van der Waals surface area contributed by atoms with Gasteiger partial charge in [0.2, 0.25) is 0 Å². The van der Waals surface area contributed by atoms with Gasteiger partial charge < -0.3 is 10.4 Å². The highest BCUT2D eigenvalue weighted by Crippen LogP contribution is 2.21. The standard InChI is InChI=1S/C16H16N2OS/c1-11-8-12-4-2-3-5-14(12)18-16(11)17-9-15(19)13-6-7-20-10-13/h2-8,10,15,19H,9H2,1H3,(H,17,18). The van der Waals surface area contributed by atoms with Gasteiger partial charge in [-0.3, -0.25) is 0 Å². The lowest BCUT2D eigenvalue weighted by Gasteiger charge is -2.13. The minimum absolute atomic E-state index is 0.461. The summed E-state index contributed by atoms with van der Waals surface area (Å²) in [6.45, 7) is 2.49. The zero-order chi connectivity index (χ0) is 13.9. The van der Waals surface area contributed by atoms with Crippen molar-refractivity contribution in [1.82, 2.24) is 4.98 Å². The first-order chi connectivity index (χ1) is 9.74. The molecule has 0 aliphatic carbocycles. The van der Waals surface area contributed by atoms with Crippen LogP contribution in [-0.2, 0) is 0 Å². The Kier molecular flexibility index (Phi) is 3.67. The quantitative estimate of drug-likeness (QED) is 0.767.